The average molecular weight is 466 g/mol. The molecule has 1 saturated carbocycles. The van der Waals surface area contributed by atoms with Crippen LogP contribution in [0.25, 0.3) is 0 Å². The number of nitrogens with one attached hydrogen (secondary N) is 2. The Kier molecular flexibility index (Phi) is 5.97. The predicted molar refractivity (Wildman–Crippen MR) is 124 cm³/mol. The first-order valence-corrected chi connectivity index (χ1v) is 12.4. The lowest BCUT2D eigenvalue weighted by molar-refractivity contribution is -0.143. The molecule has 4 amide bonds. The van der Waals surface area contributed by atoms with Crippen LogP contribution in [0.3, 0.4) is 0 Å². The van der Waals surface area contributed by atoms with Crippen molar-refractivity contribution in [2.24, 2.45) is 23.7 Å². The number of aromatic nitrogens is 2. The van der Waals surface area contributed by atoms with Gasteiger partial charge in [-0.1, -0.05) is 60.7 Å². The number of likely N-dealkylation sites (tertiary alicyclic amines) is 1. The molecule has 172 valence electrons. The van der Waals surface area contributed by atoms with Crippen molar-refractivity contribution >= 4 is 34.3 Å². The second-order valence-corrected chi connectivity index (χ2v) is 10.0. The summed E-state index contributed by atoms with van der Waals surface area (Å²) in [6.07, 6.45) is 7.37. The monoisotopic (exact) mass is 465 g/mol. The zero-order valence-corrected chi connectivity index (χ0v) is 19.3. The molecule has 4 aliphatic rings. The molecule has 33 heavy (non-hydrogen) atoms. The van der Waals surface area contributed by atoms with Crippen molar-refractivity contribution in [2.75, 3.05) is 5.32 Å². The lowest BCUT2D eigenvalue weighted by atomic mass is 9.63. The fourth-order valence-corrected chi connectivity index (χ4v) is 6.19. The van der Waals surface area contributed by atoms with Crippen LogP contribution in [0.5, 0.6) is 0 Å². The van der Waals surface area contributed by atoms with E-state index >= 15 is 0 Å². The second kappa shape index (κ2) is 9.05. The van der Waals surface area contributed by atoms with Crippen LogP contribution >= 0.6 is 11.3 Å². The van der Waals surface area contributed by atoms with Gasteiger partial charge in [0.2, 0.25) is 16.9 Å². The molecular formula is C24H27N5O3S. The summed E-state index contributed by atoms with van der Waals surface area (Å²) in [6, 6.07) is 9.06. The van der Waals surface area contributed by atoms with Crippen LogP contribution in [-0.2, 0) is 22.4 Å². The molecule has 8 nitrogen and oxygen atoms in total. The van der Waals surface area contributed by atoms with E-state index in [2.05, 4.69) is 39.9 Å². The Morgan fingerprint density at radius 3 is 2.36 bits per heavy atom. The molecule has 2 fully saturated rings. The zero-order chi connectivity index (χ0) is 22.9. The maximum absolute atomic E-state index is 13.5. The third-order valence-corrected chi connectivity index (χ3v) is 7.72. The Labute approximate surface area is 196 Å². The van der Waals surface area contributed by atoms with Gasteiger partial charge in [0.25, 0.3) is 0 Å². The first-order chi connectivity index (χ1) is 16.0. The number of anilines is 1. The number of benzene rings is 1. The molecule has 2 bridgehead atoms. The largest absolute Gasteiger partial charge is 0.322 e. The van der Waals surface area contributed by atoms with E-state index in [0.717, 1.165) is 36.3 Å². The number of urea groups is 1. The number of fused-ring (bicyclic) bond motifs is 1. The van der Waals surface area contributed by atoms with Crippen molar-refractivity contribution in [3.05, 3.63) is 53.1 Å². The molecule has 1 aromatic heterocycles. The summed E-state index contributed by atoms with van der Waals surface area (Å²) in [4.78, 5) is 41.1. The minimum absolute atomic E-state index is 0.103. The summed E-state index contributed by atoms with van der Waals surface area (Å²) < 4.78 is 0. The van der Waals surface area contributed by atoms with Crippen LogP contribution in [0.4, 0.5) is 9.93 Å². The highest BCUT2D eigenvalue weighted by Crippen LogP contribution is 2.50. The number of aryl methyl sites for hydroxylation is 1. The molecule has 9 heteroatoms. The molecule has 1 saturated heterocycles. The van der Waals surface area contributed by atoms with E-state index in [4.69, 9.17) is 0 Å². The molecule has 6 rings (SSSR count). The molecule has 0 unspecified atom stereocenters. The number of carbonyl (C=O) groups is 3. The number of rotatable bonds is 7. The average Bonchev–Trinajstić information content (AvgIpc) is 3.37. The number of imide groups is 1. The van der Waals surface area contributed by atoms with Crippen LogP contribution in [-0.4, -0.2) is 39.1 Å². The molecule has 3 aliphatic carbocycles. The van der Waals surface area contributed by atoms with Crippen molar-refractivity contribution in [1.82, 2.24) is 20.4 Å². The first-order valence-electron chi connectivity index (χ1n) is 11.5. The van der Waals surface area contributed by atoms with Gasteiger partial charge in [-0.15, -0.1) is 10.2 Å². The highest BCUT2D eigenvalue weighted by atomic mass is 32.1. The van der Waals surface area contributed by atoms with Gasteiger partial charge in [0.05, 0.1) is 11.8 Å². The lowest BCUT2D eigenvalue weighted by Crippen LogP contribution is -2.53. The molecule has 1 aromatic carbocycles. The minimum atomic E-state index is -0.777. The fourth-order valence-electron chi connectivity index (χ4n) is 5.35. The highest BCUT2D eigenvalue weighted by Gasteiger charge is 2.58. The van der Waals surface area contributed by atoms with E-state index in [0.29, 0.717) is 11.6 Å². The van der Waals surface area contributed by atoms with Crippen molar-refractivity contribution < 1.29 is 14.4 Å². The van der Waals surface area contributed by atoms with Crippen molar-refractivity contribution in [2.45, 2.75) is 45.2 Å². The lowest BCUT2D eigenvalue weighted by Gasteiger charge is -2.38. The number of hydrogen-bond acceptors (Lipinski definition) is 6. The molecule has 2 heterocycles. The Bertz CT molecular complexity index is 1050. The summed E-state index contributed by atoms with van der Waals surface area (Å²) in [5.41, 5.74) is 0.931. The maximum atomic E-state index is 13.5. The number of amides is 4. The van der Waals surface area contributed by atoms with Crippen LogP contribution in [0.1, 0.15) is 36.8 Å². The van der Waals surface area contributed by atoms with Crippen molar-refractivity contribution in [3.8, 4) is 0 Å². The summed E-state index contributed by atoms with van der Waals surface area (Å²) in [5.74, 6) is -0.775. The van der Waals surface area contributed by atoms with Gasteiger partial charge in [0.15, 0.2) is 0 Å². The third-order valence-electron chi connectivity index (χ3n) is 6.83. The topological polar surface area (TPSA) is 104 Å². The quantitative estimate of drug-likeness (QED) is 0.482. The number of nitrogens with zero attached hydrogens (tertiary/aromatic N) is 3. The number of allylic oxidation sites excluding steroid dienone is 2. The summed E-state index contributed by atoms with van der Waals surface area (Å²) in [5, 5.41) is 14.9. The van der Waals surface area contributed by atoms with Crippen molar-refractivity contribution in [3.63, 3.8) is 0 Å². The smallest absolute Gasteiger partial charge is 0.317 e. The van der Waals surface area contributed by atoms with E-state index in [1.807, 2.05) is 30.3 Å². The number of hydrogen-bond donors (Lipinski definition) is 2. The highest BCUT2D eigenvalue weighted by molar-refractivity contribution is 7.15. The summed E-state index contributed by atoms with van der Waals surface area (Å²) in [7, 11) is 0. The van der Waals surface area contributed by atoms with Gasteiger partial charge >= 0.3 is 6.03 Å². The van der Waals surface area contributed by atoms with Gasteiger partial charge in [-0.05, 0) is 36.7 Å². The van der Waals surface area contributed by atoms with E-state index in [1.54, 1.807) is 0 Å². The number of carbonyl (C=O) groups excluding carboxylic acids is 3. The van der Waals surface area contributed by atoms with E-state index in [1.165, 1.54) is 16.2 Å². The Morgan fingerprint density at radius 2 is 1.76 bits per heavy atom. The Balaban J connectivity index is 1.37. The Hall–Kier alpha value is -3.07. The van der Waals surface area contributed by atoms with E-state index < -0.39 is 12.2 Å². The zero-order valence-electron chi connectivity index (χ0n) is 18.4. The minimum Gasteiger partial charge on any atom is -0.317 e. The molecule has 5 atom stereocenters. The first kappa shape index (κ1) is 21.8. The van der Waals surface area contributed by atoms with Crippen LogP contribution < -0.4 is 10.6 Å². The fraction of sp³-hybridized carbons (Fsp3) is 0.458. The Morgan fingerprint density at radius 1 is 1.09 bits per heavy atom. The van der Waals surface area contributed by atoms with E-state index in [-0.39, 0.29) is 35.5 Å². The van der Waals surface area contributed by atoms with Gasteiger partial charge in [-0.25, -0.2) is 4.79 Å². The van der Waals surface area contributed by atoms with Crippen LogP contribution in [0, 0.1) is 23.7 Å². The standard InChI is InChI=1S/C24H27N5O3S/c1-2-6-18-27-28-24(33-18)26-23(32)25-17(13-14-7-4-3-5-8-14)29-21(30)19-15-9-10-16(12-11-15)20(19)22(29)31/h3-5,7-10,15-17,19-20H,2,6,11-13H2,1H3,(H2,25,26,28,32)/t15-,16-,17+,19-,20+/m0/s1. The van der Waals surface area contributed by atoms with Gasteiger partial charge in [-0.3, -0.25) is 19.8 Å². The van der Waals surface area contributed by atoms with E-state index in [9.17, 15) is 14.4 Å². The molecule has 1 aliphatic heterocycles. The maximum Gasteiger partial charge on any atom is 0.322 e. The molecule has 0 spiro atoms. The summed E-state index contributed by atoms with van der Waals surface area (Å²) in [6.45, 7) is 2.05. The molecule has 2 N–H and O–H groups in total. The molecule has 0 radical (unpaired) electrons. The van der Waals surface area contributed by atoms with Gasteiger partial charge < -0.3 is 5.32 Å². The van der Waals surface area contributed by atoms with Crippen LogP contribution in [0.2, 0.25) is 0 Å². The van der Waals surface area contributed by atoms with Gasteiger partial charge in [0.1, 0.15) is 11.2 Å². The SMILES string of the molecule is CCCc1nnc(NC(=O)N[C@@H](Cc2ccccc2)N2C(=O)[C@@H]3[C@H](C2=O)[C@H]2C=C[C@H]3CC2)s1. The van der Waals surface area contributed by atoms with Gasteiger partial charge in [-0.2, -0.15) is 0 Å². The molecular weight excluding hydrogens is 438 g/mol. The summed E-state index contributed by atoms with van der Waals surface area (Å²) >= 11 is 1.33. The van der Waals surface area contributed by atoms with Crippen molar-refractivity contribution in [1.29, 1.82) is 0 Å². The second-order valence-electron chi connectivity index (χ2n) is 8.94. The van der Waals surface area contributed by atoms with Gasteiger partial charge in [0, 0.05) is 12.8 Å². The predicted octanol–water partition coefficient (Wildman–Crippen LogP) is 3.38. The third kappa shape index (κ3) is 4.17. The van der Waals surface area contributed by atoms with Crippen LogP contribution in [0.15, 0.2) is 42.5 Å². The molecule has 2 aromatic rings. The normalized spacial score (nSPS) is 26.4.